The van der Waals surface area contributed by atoms with E-state index in [1.54, 1.807) is 7.11 Å². The molecule has 0 saturated carbocycles. The Labute approximate surface area is 134 Å². The van der Waals surface area contributed by atoms with Gasteiger partial charge in [0.05, 0.1) is 23.6 Å². The first-order valence-corrected chi connectivity index (χ1v) is 8.60. The molecule has 1 heterocycles. The maximum Gasteiger partial charge on any atom is 0.241 e. The van der Waals surface area contributed by atoms with E-state index >= 15 is 0 Å². The first-order chi connectivity index (χ1) is 10.8. The van der Waals surface area contributed by atoms with E-state index in [0.717, 1.165) is 12.1 Å². The quantitative estimate of drug-likeness (QED) is 0.647. The number of aryl methyl sites for hydroxylation is 1. The van der Waals surface area contributed by atoms with Crippen LogP contribution in [0.4, 0.5) is 4.39 Å². The van der Waals surface area contributed by atoms with Crippen molar-refractivity contribution in [1.82, 2.24) is 15.4 Å². The van der Waals surface area contributed by atoms with Crippen LogP contribution in [0.3, 0.4) is 0 Å². The highest BCUT2D eigenvalue weighted by atomic mass is 32.2. The minimum absolute atomic E-state index is 0.0519. The number of halogens is 1. The molecule has 128 valence electrons. The molecule has 7 nitrogen and oxygen atoms in total. The maximum absolute atomic E-state index is 13.1. The van der Waals surface area contributed by atoms with Crippen LogP contribution in [-0.2, 0) is 19.6 Å². The molecule has 0 radical (unpaired) electrons. The molecule has 1 fully saturated rings. The second-order valence-corrected chi connectivity index (χ2v) is 7.08. The van der Waals surface area contributed by atoms with E-state index in [-0.39, 0.29) is 22.6 Å². The zero-order valence-electron chi connectivity index (χ0n) is 12.9. The van der Waals surface area contributed by atoms with Gasteiger partial charge < -0.3 is 15.4 Å². The Morgan fingerprint density at radius 3 is 2.83 bits per heavy atom. The van der Waals surface area contributed by atoms with E-state index in [1.807, 2.05) is 0 Å². The molecule has 0 unspecified atom stereocenters. The molecule has 0 spiro atoms. The van der Waals surface area contributed by atoms with E-state index in [4.69, 9.17) is 4.74 Å². The smallest absolute Gasteiger partial charge is 0.241 e. The molecule has 1 aromatic rings. The van der Waals surface area contributed by atoms with Gasteiger partial charge in [0.15, 0.2) is 0 Å². The van der Waals surface area contributed by atoms with Crippen molar-refractivity contribution in [2.45, 2.75) is 24.0 Å². The summed E-state index contributed by atoms with van der Waals surface area (Å²) in [6.07, 6.45) is -0.144. The third kappa shape index (κ3) is 4.47. The van der Waals surface area contributed by atoms with Gasteiger partial charge in [0, 0.05) is 20.2 Å². The second kappa shape index (κ2) is 7.35. The lowest BCUT2D eigenvalue weighted by atomic mass is 10.2. The van der Waals surface area contributed by atoms with Crippen LogP contribution < -0.4 is 15.4 Å². The summed E-state index contributed by atoms with van der Waals surface area (Å²) in [4.78, 5) is 11.8. The third-order valence-electron chi connectivity index (χ3n) is 3.66. The fraction of sp³-hybridized carbons (Fsp3) is 0.500. The van der Waals surface area contributed by atoms with Crippen molar-refractivity contribution in [2.24, 2.45) is 0 Å². The highest BCUT2D eigenvalue weighted by Crippen LogP contribution is 2.15. The van der Waals surface area contributed by atoms with Crippen molar-refractivity contribution in [2.75, 3.05) is 26.7 Å². The van der Waals surface area contributed by atoms with Crippen LogP contribution in [0.15, 0.2) is 23.1 Å². The molecule has 1 aliphatic rings. The summed E-state index contributed by atoms with van der Waals surface area (Å²) in [5.41, 5.74) is 0.275. The van der Waals surface area contributed by atoms with E-state index < -0.39 is 28.3 Å². The van der Waals surface area contributed by atoms with Crippen molar-refractivity contribution < 1.29 is 22.3 Å². The Morgan fingerprint density at radius 2 is 2.17 bits per heavy atom. The van der Waals surface area contributed by atoms with Crippen LogP contribution in [0.5, 0.6) is 0 Å². The number of methoxy groups -OCH3 is 1. The number of benzene rings is 1. The molecular formula is C14H20FN3O4S. The number of carbonyl (C=O) groups is 1. The van der Waals surface area contributed by atoms with Gasteiger partial charge in [-0.15, -0.1) is 0 Å². The Bertz CT molecular complexity index is 681. The molecule has 1 aromatic carbocycles. The number of hydrogen-bond acceptors (Lipinski definition) is 5. The van der Waals surface area contributed by atoms with Gasteiger partial charge in [-0.1, -0.05) is 0 Å². The summed E-state index contributed by atoms with van der Waals surface area (Å²) >= 11 is 0. The number of nitrogens with one attached hydrogen (secondary N) is 3. The monoisotopic (exact) mass is 345 g/mol. The van der Waals surface area contributed by atoms with Gasteiger partial charge in [-0.25, -0.2) is 17.5 Å². The first kappa shape index (κ1) is 17.8. The van der Waals surface area contributed by atoms with Crippen molar-refractivity contribution in [1.29, 1.82) is 0 Å². The van der Waals surface area contributed by atoms with Gasteiger partial charge >= 0.3 is 0 Å². The van der Waals surface area contributed by atoms with Gasteiger partial charge in [0.2, 0.25) is 15.9 Å². The van der Waals surface area contributed by atoms with Crippen molar-refractivity contribution >= 4 is 15.9 Å². The van der Waals surface area contributed by atoms with Gasteiger partial charge in [-0.3, -0.25) is 4.79 Å². The largest absolute Gasteiger partial charge is 0.378 e. The van der Waals surface area contributed by atoms with Gasteiger partial charge in [0.1, 0.15) is 5.82 Å². The molecule has 1 amide bonds. The standard InChI is InChI=1S/C14H20FN3O4S/c1-9-5-10(15)3-4-13(9)23(20,21)17-8-14(19)18-11-6-16-7-12(11)22-2/h3-5,11-12,16-17H,6-8H2,1-2H3,(H,18,19)/t11-,12-/m0/s1. The molecule has 9 heteroatoms. The number of rotatable bonds is 6. The number of ether oxygens (including phenoxy) is 1. The molecule has 0 aromatic heterocycles. The second-order valence-electron chi connectivity index (χ2n) is 5.34. The Balaban J connectivity index is 1.95. The lowest BCUT2D eigenvalue weighted by Crippen LogP contribution is -2.47. The predicted octanol–water partition coefficient (Wildman–Crippen LogP) is -0.485. The Hall–Kier alpha value is -1.55. The summed E-state index contributed by atoms with van der Waals surface area (Å²) in [5.74, 6) is -0.970. The van der Waals surface area contributed by atoms with Crippen LogP contribution in [0.1, 0.15) is 5.56 Å². The van der Waals surface area contributed by atoms with Crippen LogP contribution in [-0.4, -0.2) is 53.2 Å². The lowest BCUT2D eigenvalue weighted by Gasteiger charge is -2.18. The highest BCUT2D eigenvalue weighted by molar-refractivity contribution is 7.89. The molecule has 2 rings (SSSR count). The zero-order chi connectivity index (χ0) is 17.0. The predicted molar refractivity (Wildman–Crippen MR) is 81.9 cm³/mol. The molecule has 0 bridgehead atoms. The highest BCUT2D eigenvalue weighted by Gasteiger charge is 2.28. The van der Waals surface area contributed by atoms with Crippen LogP contribution in [0.25, 0.3) is 0 Å². The molecule has 1 aliphatic heterocycles. The molecule has 1 saturated heterocycles. The topological polar surface area (TPSA) is 96.5 Å². The first-order valence-electron chi connectivity index (χ1n) is 7.12. The third-order valence-corrected chi connectivity index (χ3v) is 5.22. The van der Waals surface area contributed by atoms with E-state index in [2.05, 4.69) is 15.4 Å². The number of hydrogen-bond donors (Lipinski definition) is 3. The van der Waals surface area contributed by atoms with Gasteiger partial charge in [-0.05, 0) is 30.7 Å². The van der Waals surface area contributed by atoms with Crippen molar-refractivity contribution in [3.8, 4) is 0 Å². The fourth-order valence-corrected chi connectivity index (χ4v) is 3.66. The molecule has 0 aliphatic carbocycles. The normalized spacial score (nSPS) is 21.3. The summed E-state index contributed by atoms with van der Waals surface area (Å²) in [6, 6.07) is 3.16. The number of sulfonamides is 1. The van der Waals surface area contributed by atoms with Crippen molar-refractivity contribution in [3.05, 3.63) is 29.6 Å². The summed E-state index contributed by atoms with van der Waals surface area (Å²) in [6.45, 7) is 2.28. The SMILES string of the molecule is CO[C@H]1CNC[C@@H]1NC(=O)CNS(=O)(=O)c1ccc(F)cc1C. The average molecular weight is 345 g/mol. The average Bonchev–Trinajstić information content (AvgIpc) is 2.92. The minimum Gasteiger partial charge on any atom is -0.378 e. The van der Waals surface area contributed by atoms with E-state index in [0.29, 0.717) is 13.1 Å². The molecule has 23 heavy (non-hydrogen) atoms. The molecular weight excluding hydrogens is 325 g/mol. The Kier molecular flexibility index (Phi) is 5.69. The number of amides is 1. The van der Waals surface area contributed by atoms with Crippen LogP contribution >= 0.6 is 0 Å². The van der Waals surface area contributed by atoms with Crippen molar-refractivity contribution in [3.63, 3.8) is 0 Å². The minimum atomic E-state index is -3.88. The van der Waals surface area contributed by atoms with Gasteiger partial charge in [-0.2, -0.15) is 0 Å². The number of carbonyl (C=O) groups excluding carboxylic acids is 1. The molecule has 2 atom stereocenters. The van der Waals surface area contributed by atoms with Gasteiger partial charge in [0.25, 0.3) is 0 Å². The molecule has 3 N–H and O–H groups in total. The fourth-order valence-electron chi connectivity index (χ4n) is 2.46. The zero-order valence-corrected chi connectivity index (χ0v) is 13.7. The van der Waals surface area contributed by atoms with E-state index in [9.17, 15) is 17.6 Å². The summed E-state index contributed by atoms with van der Waals surface area (Å²) < 4.78 is 44.8. The van der Waals surface area contributed by atoms with Crippen LogP contribution in [0, 0.1) is 12.7 Å². The lowest BCUT2D eigenvalue weighted by molar-refractivity contribution is -0.121. The Morgan fingerprint density at radius 1 is 1.43 bits per heavy atom. The van der Waals surface area contributed by atoms with E-state index in [1.165, 1.54) is 13.0 Å². The summed E-state index contributed by atoms with van der Waals surface area (Å²) in [5, 5.41) is 5.79. The van der Waals surface area contributed by atoms with Crippen LogP contribution in [0.2, 0.25) is 0 Å². The summed E-state index contributed by atoms with van der Waals surface area (Å²) in [7, 11) is -2.33. The maximum atomic E-state index is 13.1.